The van der Waals surface area contributed by atoms with Crippen LogP contribution in [-0.4, -0.2) is 95.6 Å². The van der Waals surface area contributed by atoms with Crippen molar-refractivity contribution in [2.24, 2.45) is 0 Å². The van der Waals surface area contributed by atoms with Crippen molar-refractivity contribution in [1.82, 2.24) is 30.0 Å². The largest absolute Gasteiger partial charge is 0.778 e. The van der Waals surface area contributed by atoms with Crippen LogP contribution in [0.2, 0.25) is 10.0 Å². The quantitative estimate of drug-likeness (QED) is 0.0537. The molecule has 17 nitrogen and oxygen atoms in total. The molecule has 0 aliphatic rings. The number of hydrogen-bond acceptors (Lipinski definition) is 14. The minimum atomic E-state index is -4.63. The van der Waals surface area contributed by atoms with E-state index in [1.807, 2.05) is 18.5 Å². The van der Waals surface area contributed by atoms with Gasteiger partial charge in [0.2, 0.25) is 17.7 Å². The first-order valence-corrected chi connectivity index (χ1v) is 20.2. The summed E-state index contributed by atoms with van der Waals surface area (Å²) in [5.74, 6) is -0.339. The van der Waals surface area contributed by atoms with Crippen molar-refractivity contribution in [3.05, 3.63) is 44.1 Å². The van der Waals surface area contributed by atoms with E-state index in [-0.39, 0.29) is 21.3 Å². The smallest absolute Gasteiger partial charge is 0.416 e. The lowest BCUT2D eigenvalue weighted by atomic mass is 10.1. The number of rotatable bonds is 10. The molecule has 1 unspecified atom stereocenters. The minimum absolute atomic E-state index is 0.0550. The zero-order valence-corrected chi connectivity index (χ0v) is 32.7. The van der Waals surface area contributed by atoms with Gasteiger partial charge in [-0.15, -0.1) is 0 Å². The zero-order valence-electron chi connectivity index (χ0n) is 28.7. The molecule has 0 amide bonds. The number of carbonyl (C=O) groups is 1. The van der Waals surface area contributed by atoms with E-state index in [0.717, 1.165) is 22.6 Å². The number of nitro groups is 1. The number of nitrogens with two attached hydrogens (primary N) is 1. The number of nitrogen functional groups attached to an aromatic ring is 1. The zero-order chi connectivity index (χ0) is 39.9. The van der Waals surface area contributed by atoms with E-state index >= 15 is 0 Å². The summed E-state index contributed by atoms with van der Waals surface area (Å²) in [7, 11) is -3.71. The number of anilines is 3. The highest BCUT2D eigenvalue weighted by atomic mass is 35.5. The molecule has 0 radical (unpaired) electrons. The molecule has 7 N–H and O–H groups in total. The minimum Gasteiger partial charge on any atom is -0.778 e. The molecule has 0 saturated carbocycles. The third kappa shape index (κ3) is 19.9. The van der Waals surface area contributed by atoms with Crippen molar-refractivity contribution < 1.29 is 42.3 Å². The molecule has 0 aliphatic heterocycles. The Labute approximate surface area is 309 Å². The number of nitrogens with zero attached hydrogens (tertiary/aromatic N) is 6. The maximum atomic E-state index is 12.6. The first kappa shape index (κ1) is 47.9. The van der Waals surface area contributed by atoms with E-state index in [2.05, 4.69) is 70.2 Å². The number of benzene rings is 1. The van der Waals surface area contributed by atoms with Gasteiger partial charge in [-0.05, 0) is 57.0 Å². The first-order chi connectivity index (χ1) is 23.2. The van der Waals surface area contributed by atoms with Crippen molar-refractivity contribution in [1.29, 1.82) is 0 Å². The Morgan fingerprint density at radius 2 is 1.65 bits per heavy atom. The summed E-state index contributed by atoms with van der Waals surface area (Å²) in [5, 5.41) is 30.5. The second-order valence-corrected chi connectivity index (χ2v) is 16.7. The average Bonchev–Trinajstić information content (AvgIpc) is 3.31. The van der Waals surface area contributed by atoms with E-state index < -0.39 is 54.6 Å². The van der Waals surface area contributed by atoms with Crippen molar-refractivity contribution in [3.8, 4) is 5.69 Å². The Hall–Kier alpha value is -3.11. The van der Waals surface area contributed by atoms with Gasteiger partial charge < -0.3 is 35.8 Å². The van der Waals surface area contributed by atoms with Crippen molar-refractivity contribution in [2.45, 2.75) is 44.6 Å². The summed E-state index contributed by atoms with van der Waals surface area (Å²) in [6.45, 7) is 8.55. The Morgan fingerprint density at radius 3 is 2.02 bits per heavy atom. The van der Waals surface area contributed by atoms with Gasteiger partial charge in [-0.1, -0.05) is 35.0 Å². The van der Waals surface area contributed by atoms with E-state index in [0.29, 0.717) is 34.9 Å². The fourth-order valence-electron chi connectivity index (χ4n) is 2.98. The van der Waals surface area contributed by atoms with Crippen LogP contribution in [0.4, 0.5) is 36.6 Å². The van der Waals surface area contributed by atoms with E-state index in [1.54, 1.807) is 0 Å². The first-order valence-electron chi connectivity index (χ1n) is 14.0. The molecule has 1 atom stereocenters. The number of carboxylic acid groups (broad SMARTS) is 1. The second-order valence-electron chi connectivity index (χ2n) is 11.1. The number of halogens is 5. The molecular weight excluding hydrogens is 787 g/mol. The summed E-state index contributed by atoms with van der Waals surface area (Å²) in [4.78, 5) is 50.5. The normalized spacial score (nSPS) is 12.2. The van der Waals surface area contributed by atoms with Gasteiger partial charge in [0, 0.05) is 12.1 Å². The lowest BCUT2D eigenvalue weighted by Gasteiger charge is -2.20. The number of hydrogen-bond donors (Lipinski definition) is 6. The van der Waals surface area contributed by atoms with Gasteiger partial charge in [-0.25, -0.2) is 4.68 Å². The highest BCUT2D eigenvalue weighted by Gasteiger charge is 2.33. The van der Waals surface area contributed by atoms with Crippen molar-refractivity contribution in [3.63, 3.8) is 0 Å². The van der Waals surface area contributed by atoms with Gasteiger partial charge in [0.05, 0.1) is 52.1 Å². The Bertz CT molecular complexity index is 1620. The van der Waals surface area contributed by atoms with Gasteiger partial charge in [0.25, 0.3) is 0 Å². The van der Waals surface area contributed by atoms with Crippen LogP contribution in [0.25, 0.3) is 5.69 Å². The molecule has 3 aromatic rings. The third-order valence-electron chi connectivity index (χ3n) is 4.75. The predicted molar refractivity (Wildman–Crippen MR) is 194 cm³/mol. The summed E-state index contributed by atoms with van der Waals surface area (Å²) < 4.78 is 48.6. The molecule has 2 aromatic heterocycles. The van der Waals surface area contributed by atoms with Crippen LogP contribution in [0.3, 0.4) is 0 Å². The summed E-state index contributed by atoms with van der Waals surface area (Å²) in [6.07, 6.45) is 4.04. The molecule has 2 heterocycles. The van der Waals surface area contributed by atoms with E-state index in [4.69, 9.17) is 38.9 Å². The molecule has 0 aliphatic carbocycles. The van der Waals surface area contributed by atoms with Gasteiger partial charge in [-0.2, -0.15) is 33.2 Å². The molecule has 0 spiro atoms. The SMILES string of the molecule is CCNc1nc(NC(C)(C)C)nc(SC)n1.C[S+](C)C.Nc1c([N+](=O)[O-])cnn1-c1c(Cl)cc(C(F)(F)F)cc1Cl.O=C(O)CNCP(=O)([O-])O. The third-order valence-corrected chi connectivity index (χ3v) is 6.49. The Kier molecular flexibility index (Phi) is 20.1. The fourth-order valence-corrected chi connectivity index (χ4v) is 4.38. The van der Waals surface area contributed by atoms with Crippen LogP contribution in [0.15, 0.2) is 23.5 Å². The topological polar surface area (TPSA) is 259 Å². The van der Waals surface area contributed by atoms with Crippen LogP contribution < -0.4 is 26.6 Å². The number of aromatic nitrogens is 5. The van der Waals surface area contributed by atoms with Crippen LogP contribution in [0.1, 0.15) is 33.3 Å². The predicted octanol–water partition coefficient (Wildman–Crippen LogP) is 4.58. The van der Waals surface area contributed by atoms with Gasteiger partial charge in [-0.3, -0.25) is 20.2 Å². The van der Waals surface area contributed by atoms with Crippen LogP contribution in [-0.2, 0) is 26.4 Å². The Balaban J connectivity index is 0.000000737. The summed E-state index contributed by atoms with van der Waals surface area (Å²) in [5.41, 5.74) is 3.73. The molecule has 1 aromatic carbocycles. The number of alkyl halides is 3. The molecule has 0 bridgehead atoms. The van der Waals surface area contributed by atoms with E-state index in [1.165, 1.54) is 11.8 Å². The second kappa shape index (κ2) is 21.4. The molecule has 51 heavy (non-hydrogen) atoms. The van der Waals surface area contributed by atoms with Crippen LogP contribution in [0, 0.1) is 10.1 Å². The fraction of sp³-hybridized carbons (Fsp3) is 0.500. The molecular formula is C26H40Cl2F3N10O7PS2. The molecule has 0 saturated heterocycles. The Morgan fingerprint density at radius 1 is 1.14 bits per heavy atom. The van der Waals surface area contributed by atoms with Crippen LogP contribution >= 0.6 is 42.6 Å². The number of thioether (sulfide) groups is 1. The standard InChI is InChI=1S/C10H5Cl2F3N4O2.C10H19N5S.C3H8NO5P.C3H9S/c11-5-1-4(10(13,14)15)2-6(12)8(5)18-9(16)7(3-17-18)19(20)21;1-6-11-7-12-8(15-10(2,3)4)14-9(13-7)16-5;5-3(6)1-4-2-10(7,8)9;1-4(2)3/h1-3H,16H2;6H2,1-5H3,(H2,11,12,13,14,15);4H,1-2H2,(H,5,6)(H2,7,8,9);1-3H3/q;;;+1/p-1. The molecule has 288 valence electrons. The van der Waals surface area contributed by atoms with Gasteiger partial charge in [0.1, 0.15) is 19.5 Å². The molecule has 0 fully saturated rings. The van der Waals surface area contributed by atoms with Gasteiger partial charge in [0.15, 0.2) is 5.16 Å². The average molecular weight is 828 g/mol. The van der Waals surface area contributed by atoms with Crippen LogP contribution in [0.5, 0.6) is 0 Å². The lowest BCUT2D eigenvalue weighted by molar-refractivity contribution is -0.383. The van der Waals surface area contributed by atoms with Gasteiger partial charge >= 0.3 is 17.8 Å². The molecule has 25 heteroatoms. The summed E-state index contributed by atoms with van der Waals surface area (Å²) in [6, 6.07) is 1.27. The highest BCUT2D eigenvalue weighted by molar-refractivity contribution is 7.98. The number of nitrogens with one attached hydrogen (secondary N) is 3. The maximum Gasteiger partial charge on any atom is 0.416 e. The maximum absolute atomic E-state index is 12.6. The lowest BCUT2D eigenvalue weighted by Crippen LogP contribution is -2.27. The van der Waals surface area contributed by atoms with Crippen molar-refractivity contribution >= 4 is 82.8 Å². The van der Waals surface area contributed by atoms with E-state index in [9.17, 15) is 37.5 Å². The molecule has 3 rings (SSSR count). The summed E-state index contributed by atoms with van der Waals surface area (Å²) >= 11 is 13.0. The number of carboxylic acids is 1. The number of aliphatic carboxylic acids is 1. The highest BCUT2D eigenvalue weighted by Crippen LogP contribution is 2.39. The monoisotopic (exact) mass is 826 g/mol. The van der Waals surface area contributed by atoms with Crippen molar-refractivity contribution in [2.75, 3.05) is 60.8 Å².